The third-order valence-corrected chi connectivity index (χ3v) is 3.52. The first-order valence-corrected chi connectivity index (χ1v) is 7.24. The highest BCUT2D eigenvalue weighted by molar-refractivity contribution is 5.92. The van der Waals surface area contributed by atoms with E-state index in [1.54, 1.807) is 17.9 Å². The van der Waals surface area contributed by atoms with Crippen molar-refractivity contribution in [1.29, 1.82) is 0 Å². The monoisotopic (exact) mass is 295 g/mol. The Morgan fingerprint density at radius 1 is 1.09 bits per heavy atom. The minimum absolute atomic E-state index is 0.0797. The van der Waals surface area contributed by atoms with Gasteiger partial charge in [0.25, 0.3) is 0 Å². The number of benzene rings is 2. The SMILES string of the molecule is C=C(C)C(=O)N(Cc1ccccc1)Cc1ccc(C)c(O)c1. The largest absolute Gasteiger partial charge is 0.508 e. The molecule has 0 aliphatic carbocycles. The number of carbonyl (C=O) groups is 1. The molecule has 0 aromatic heterocycles. The number of aromatic hydroxyl groups is 1. The summed E-state index contributed by atoms with van der Waals surface area (Å²) in [5, 5.41) is 9.83. The summed E-state index contributed by atoms with van der Waals surface area (Å²) in [4.78, 5) is 14.1. The van der Waals surface area contributed by atoms with Gasteiger partial charge in [-0.15, -0.1) is 0 Å². The summed E-state index contributed by atoms with van der Waals surface area (Å²) in [7, 11) is 0. The minimum atomic E-state index is -0.0797. The van der Waals surface area contributed by atoms with Gasteiger partial charge in [0.15, 0.2) is 0 Å². The van der Waals surface area contributed by atoms with Crippen molar-refractivity contribution < 1.29 is 9.90 Å². The first-order valence-electron chi connectivity index (χ1n) is 7.24. The summed E-state index contributed by atoms with van der Waals surface area (Å²) in [6.45, 7) is 8.27. The number of rotatable bonds is 5. The van der Waals surface area contributed by atoms with E-state index in [0.29, 0.717) is 18.7 Å². The molecule has 114 valence electrons. The molecule has 1 N–H and O–H groups in total. The van der Waals surface area contributed by atoms with Crippen LogP contribution < -0.4 is 0 Å². The number of hydrogen-bond acceptors (Lipinski definition) is 2. The molecule has 0 saturated heterocycles. The Bertz CT molecular complexity index is 677. The Morgan fingerprint density at radius 2 is 1.73 bits per heavy atom. The van der Waals surface area contributed by atoms with Crippen molar-refractivity contribution >= 4 is 5.91 Å². The molecule has 0 aliphatic rings. The first-order chi connectivity index (χ1) is 10.5. The average Bonchev–Trinajstić information content (AvgIpc) is 2.50. The molecule has 0 unspecified atom stereocenters. The molecule has 0 spiro atoms. The zero-order chi connectivity index (χ0) is 16.1. The lowest BCUT2D eigenvalue weighted by molar-refractivity contribution is -0.128. The normalized spacial score (nSPS) is 10.3. The van der Waals surface area contributed by atoms with Gasteiger partial charge < -0.3 is 10.0 Å². The van der Waals surface area contributed by atoms with Crippen LogP contribution in [-0.2, 0) is 17.9 Å². The molecule has 0 saturated carbocycles. The Kier molecular flexibility index (Phi) is 4.99. The highest BCUT2D eigenvalue weighted by Gasteiger charge is 2.15. The fourth-order valence-corrected chi connectivity index (χ4v) is 2.25. The molecule has 2 aromatic carbocycles. The summed E-state index contributed by atoms with van der Waals surface area (Å²) in [6.07, 6.45) is 0. The zero-order valence-electron chi connectivity index (χ0n) is 13.0. The van der Waals surface area contributed by atoms with Crippen LogP contribution in [0, 0.1) is 6.92 Å². The summed E-state index contributed by atoms with van der Waals surface area (Å²) >= 11 is 0. The number of carbonyl (C=O) groups excluding carboxylic acids is 1. The van der Waals surface area contributed by atoms with E-state index in [1.165, 1.54) is 0 Å². The van der Waals surface area contributed by atoms with Crippen LogP contribution in [0.4, 0.5) is 0 Å². The third-order valence-electron chi connectivity index (χ3n) is 3.52. The predicted molar refractivity (Wildman–Crippen MR) is 88.4 cm³/mol. The zero-order valence-corrected chi connectivity index (χ0v) is 13.0. The summed E-state index contributed by atoms with van der Waals surface area (Å²) in [5.41, 5.74) is 3.29. The van der Waals surface area contributed by atoms with E-state index in [0.717, 1.165) is 16.7 Å². The molecule has 0 fully saturated rings. The minimum Gasteiger partial charge on any atom is -0.508 e. The number of aryl methyl sites for hydroxylation is 1. The lowest BCUT2D eigenvalue weighted by atomic mass is 10.1. The number of hydrogen-bond donors (Lipinski definition) is 1. The van der Waals surface area contributed by atoms with E-state index in [9.17, 15) is 9.90 Å². The molecule has 2 aromatic rings. The van der Waals surface area contributed by atoms with Crippen molar-refractivity contribution in [2.75, 3.05) is 0 Å². The molecule has 22 heavy (non-hydrogen) atoms. The molecule has 0 heterocycles. The van der Waals surface area contributed by atoms with Gasteiger partial charge in [-0.05, 0) is 36.6 Å². The standard InChI is InChI=1S/C19H21NO2/c1-14(2)19(22)20(12-16-7-5-4-6-8-16)13-17-10-9-15(3)18(21)11-17/h4-11,21H,1,12-13H2,2-3H3. The number of phenols is 1. The van der Waals surface area contributed by atoms with E-state index < -0.39 is 0 Å². The third kappa shape index (κ3) is 3.98. The fourth-order valence-electron chi connectivity index (χ4n) is 2.25. The molecule has 2 rings (SSSR count). The molecule has 1 amide bonds. The van der Waals surface area contributed by atoms with E-state index >= 15 is 0 Å². The molecule has 0 radical (unpaired) electrons. The lowest BCUT2D eigenvalue weighted by Crippen LogP contribution is -2.30. The van der Waals surface area contributed by atoms with Crippen LogP contribution in [0.15, 0.2) is 60.7 Å². The molecule has 0 aliphatic heterocycles. The van der Waals surface area contributed by atoms with Crippen molar-refractivity contribution in [3.63, 3.8) is 0 Å². The number of nitrogens with zero attached hydrogens (tertiary/aromatic N) is 1. The molecule has 0 atom stereocenters. The maximum atomic E-state index is 12.4. The number of amides is 1. The second kappa shape index (κ2) is 6.94. The van der Waals surface area contributed by atoms with Crippen molar-refractivity contribution in [2.24, 2.45) is 0 Å². The smallest absolute Gasteiger partial charge is 0.249 e. The quantitative estimate of drug-likeness (QED) is 0.852. The fraction of sp³-hybridized carbons (Fsp3) is 0.211. The van der Waals surface area contributed by atoms with Crippen LogP contribution >= 0.6 is 0 Å². The van der Waals surface area contributed by atoms with Crippen molar-refractivity contribution in [3.05, 3.63) is 77.4 Å². The maximum Gasteiger partial charge on any atom is 0.249 e. The van der Waals surface area contributed by atoms with E-state index in [4.69, 9.17) is 0 Å². The Morgan fingerprint density at radius 3 is 2.32 bits per heavy atom. The van der Waals surface area contributed by atoms with Crippen LogP contribution in [0.25, 0.3) is 0 Å². The van der Waals surface area contributed by atoms with Crippen molar-refractivity contribution in [3.8, 4) is 5.75 Å². The van der Waals surface area contributed by atoms with Crippen LogP contribution in [0.1, 0.15) is 23.6 Å². The topological polar surface area (TPSA) is 40.5 Å². The Labute approximate surface area is 131 Å². The second-order valence-corrected chi connectivity index (χ2v) is 5.55. The summed E-state index contributed by atoms with van der Waals surface area (Å²) in [5.74, 6) is 0.170. The average molecular weight is 295 g/mol. The van der Waals surface area contributed by atoms with Gasteiger partial charge in [0.05, 0.1) is 0 Å². The van der Waals surface area contributed by atoms with E-state index in [1.807, 2.05) is 49.4 Å². The van der Waals surface area contributed by atoms with Gasteiger partial charge in [-0.25, -0.2) is 0 Å². The van der Waals surface area contributed by atoms with Crippen LogP contribution in [-0.4, -0.2) is 15.9 Å². The summed E-state index contributed by atoms with van der Waals surface area (Å²) in [6, 6.07) is 15.3. The van der Waals surface area contributed by atoms with Crippen molar-refractivity contribution in [2.45, 2.75) is 26.9 Å². The molecule has 3 nitrogen and oxygen atoms in total. The number of phenolic OH excluding ortho intramolecular Hbond substituents is 1. The summed E-state index contributed by atoms with van der Waals surface area (Å²) < 4.78 is 0. The molecular formula is C19H21NO2. The van der Waals surface area contributed by atoms with E-state index in [-0.39, 0.29) is 11.7 Å². The van der Waals surface area contributed by atoms with Gasteiger partial charge >= 0.3 is 0 Å². The lowest BCUT2D eigenvalue weighted by Gasteiger charge is -2.23. The van der Waals surface area contributed by atoms with Crippen molar-refractivity contribution in [1.82, 2.24) is 4.90 Å². The van der Waals surface area contributed by atoms with Gasteiger partial charge in [0.1, 0.15) is 5.75 Å². The van der Waals surface area contributed by atoms with Gasteiger partial charge in [-0.2, -0.15) is 0 Å². The van der Waals surface area contributed by atoms with Crippen LogP contribution in [0.5, 0.6) is 5.75 Å². The Balaban J connectivity index is 2.22. The predicted octanol–water partition coefficient (Wildman–Crippen LogP) is 3.81. The second-order valence-electron chi connectivity index (χ2n) is 5.55. The highest BCUT2D eigenvalue weighted by Crippen LogP contribution is 2.20. The van der Waals surface area contributed by atoms with Crippen LogP contribution in [0.3, 0.4) is 0 Å². The van der Waals surface area contributed by atoms with E-state index in [2.05, 4.69) is 6.58 Å². The molecule has 0 bridgehead atoms. The maximum absolute atomic E-state index is 12.4. The van der Waals surface area contributed by atoms with Gasteiger partial charge in [-0.3, -0.25) is 4.79 Å². The molecular weight excluding hydrogens is 274 g/mol. The highest BCUT2D eigenvalue weighted by atomic mass is 16.3. The van der Waals surface area contributed by atoms with Crippen LogP contribution in [0.2, 0.25) is 0 Å². The first kappa shape index (κ1) is 15.8. The van der Waals surface area contributed by atoms with Gasteiger partial charge in [-0.1, -0.05) is 49.0 Å². The Hall–Kier alpha value is -2.55. The van der Waals surface area contributed by atoms with Gasteiger partial charge in [0, 0.05) is 18.7 Å². The molecule has 3 heteroatoms. The van der Waals surface area contributed by atoms with Gasteiger partial charge in [0.2, 0.25) is 5.91 Å².